The van der Waals surface area contributed by atoms with Crippen LogP contribution in [0.4, 0.5) is 0 Å². The number of nitrogens with zero attached hydrogens (tertiary/aromatic N) is 3. The summed E-state index contributed by atoms with van der Waals surface area (Å²) < 4.78 is 0. The first-order valence-corrected chi connectivity index (χ1v) is 6.09. The zero-order chi connectivity index (χ0) is 11.0. The first-order valence-electron chi connectivity index (χ1n) is 5.71. The lowest BCUT2D eigenvalue weighted by Gasteiger charge is -2.19. The minimum Gasteiger partial charge on any atom is -0.341 e. The molecule has 0 bridgehead atoms. The van der Waals surface area contributed by atoms with Crippen molar-refractivity contribution in [3.8, 4) is 0 Å². The van der Waals surface area contributed by atoms with Crippen LogP contribution in [0.15, 0.2) is 6.33 Å². The Kier molecular flexibility index (Phi) is 2.52. The second kappa shape index (κ2) is 4.01. The fraction of sp³-hybridized carbons (Fsp3) is 0.545. The van der Waals surface area contributed by atoms with Crippen LogP contribution >= 0.6 is 11.6 Å². The van der Waals surface area contributed by atoms with E-state index in [9.17, 15) is 0 Å². The molecule has 0 aliphatic heterocycles. The Hall–Kier alpha value is -1.16. The lowest BCUT2D eigenvalue weighted by Crippen LogP contribution is -2.09. The van der Waals surface area contributed by atoms with Crippen molar-refractivity contribution in [3.05, 3.63) is 17.3 Å². The van der Waals surface area contributed by atoms with E-state index in [0.717, 1.165) is 11.3 Å². The fourth-order valence-electron chi connectivity index (χ4n) is 2.36. The molecule has 2 heterocycles. The van der Waals surface area contributed by atoms with Gasteiger partial charge in [0.25, 0.3) is 0 Å². The summed E-state index contributed by atoms with van der Waals surface area (Å²) in [5.74, 6) is 1.33. The standard InChI is InChI=1S/C11H13ClN4/c12-9-8-11(14-6-13-8)16-10(15-9)7-4-2-1-3-5-7/h6-7H,1-5H2,(H,13,14,15,16). The van der Waals surface area contributed by atoms with E-state index in [4.69, 9.17) is 11.6 Å². The number of aromatic amines is 1. The summed E-state index contributed by atoms with van der Waals surface area (Å²) in [5.41, 5.74) is 1.42. The van der Waals surface area contributed by atoms with E-state index in [-0.39, 0.29) is 0 Å². The van der Waals surface area contributed by atoms with Gasteiger partial charge in [-0.25, -0.2) is 15.0 Å². The summed E-state index contributed by atoms with van der Waals surface area (Å²) in [6, 6.07) is 0. The third-order valence-corrected chi connectivity index (χ3v) is 3.50. The molecule has 3 rings (SSSR count). The van der Waals surface area contributed by atoms with Crippen molar-refractivity contribution in [1.82, 2.24) is 19.9 Å². The van der Waals surface area contributed by atoms with Crippen molar-refractivity contribution in [1.29, 1.82) is 0 Å². The van der Waals surface area contributed by atoms with Crippen LogP contribution in [0.1, 0.15) is 43.8 Å². The number of aromatic nitrogens is 4. The Labute approximate surface area is 98.5 Å². The number of halogens is 1. The maximum Gasteiger partial charge on any atom is 0.182 e. The van der Waals surface area contributed by atoms with Gasteiger partial charge in [0.15, 0.2) is 10.8 Å². The van der Waals surface area contributed by atoms with E-state index in [1.807, 2.05) is 0 Å². The highest BCUT2D eigenvalue weighted by Crippen LogP contribution is 2.32. The zero-order valence-electron chi connectivity index (χ0n) is 8.91. The normalized spacial score (nSPS) is 18.1. The summed E-state index contributed by atoms with van der Waals surface area (Å²) in [6.45, 7) is 0. The van der Waals surface area contributed by atoms with Gasteiger partial charge >= 0.3 is 0 Å². The van der Waals surface area contributed by atoms with Crippen molar-refractivity contribution < 1.29 is 0 Å². The van der Waals surface area contributed by atoms with Gasteiger partial charge in [-0.3, -0.25) is 0 Å². The van der Waals surface area contributed by atoms with Gasteiger partial charge in [0.1, 0.15) is 11.3 Å². The molecule has 16 heavy (non-hydrogen) atoms. The molecule has 0 unspecified atom stereocenters. The Morgan fingerprint density at radius 3 is 2.81 bits per heavy atom. The monoisotopic (exact) mass is 236 g/mol. The molecule has 1 aliphatic carbocycles. The molecule has 0 spiro atoms. The molecular weight excluding hydrogens is 224 g/mol. The quantitative estimate of drug-likeness (QED) is 0.775. The van der Waals surface area contributed by atoms with Crippen LogP contribution in [-0.4, -0.2) is 19.9 Å². The first kappa shape index (κ1) is 10.0. The third-order valence-electron chi connectivity index (χ3n) is 3.23. The Bertz CT molecular complexity index is 502. The number of hydrogen-bond acceptors (Lipinski definition) is 3. The summed E-state index contributed by atoms with van der Waals surface area (Å²) in [5, 5.41) is 0.489. The van der Waals surface area contributed by atoms with Crippen LogP contribution in [0.3, 0.4) is 0 Å². The van der Waals surface area contributed by atoms with Crippen LogP contribution in [0.2, 0.25) is 5.15 Å². The average Bonchev–Trinajstić information content (AvgIpc) is 2.79. The van der Waals surface area contributed by atoms with E-state index in [2.05, 4.69) is 19.9 Å². The number of fused-ring (bicyclic) bond motifs is 1. The van der Waals surface area contributed by atoms with Gasteiger partial charge in [-0.2, -0.15) is 0 Å². The summed E-state index contributed by atoms with van der Waals surface area (Å²) in [6.07, 6.45) is 7.82. The average molecular weight is 237 g/mol. The summed E-state index contributed by atoms with van der Waals surface area (Å²) in [4.78, 5) is 16.0. The number of nitrogens with one attached hydrogen (secondary N) is 1. The Balaban J connectivity index is 2.02. The lowest BCUT2D eigenvalue weighted by molar-refractivity contribution is 0.429. The molecule has 1 saturated carbocycles. The molecule has 0 atom stereocenters. The molecule has 1 fully saturated rings. The number of imidazole rings is 1. The summed E-state index contributed by atoms with van der Waals surface area (Å²) >= 11 is 6.10. The highest BCUT2D eigenvalue weighted by Gasteiger charge is 2.20. The molecule has 0 aromatic carbocycles. The molecule has 5 heteroatoms. The molecule has 1 N–H and O–H groups in total. The highest BCUT2D eigenvalue weighted by molar-refractivity contribution is 6.33. The SMILES string of the molecule is Clc1nc(C2CCCCC2)nc2nc[nH]c12. The second-order valence-electron chi connectivity index (χ2n) is 4.31. The van der Waals surface area contributed by atoms with E-state index in [1.54, 1.807) is 6.33 Å². The fourth-order valence-corrected chi connectivity index (χ4v) is 2.58. The van der Waals surface area contributed by atoms with Gasteiger partial charge in [0.2, 0.25) is 0 Å². The third kappa shape index (κ3) is 1.67. The largest absolute Gasteiger partial charge is 0.341 e. The molecule has 84 valence electrons. The van der Waals surface area contributed by atoms with Gasteiger partial charge in [0, 0.05) is 5.92 Å². The maximum atomic E-state index is 6.10. The van der Waals surface area contributed by atoms with Crippen LogP contribution in [0, 0.1) is 0 Å². The molecule has 1 aliphatic rings. The molecule has 2 aromatic heterocycles. The van der Waals surface area contributed by atoms with Crippen molar-refractivity contribution in [2.24, 2.45) is 0 Å². The molecular formula is C11H13ClN4. The van der Waals surface area contributed by atoms with Gasteiger partial charge in [-0.15, -0.1) is 0 Å². The predicted octanol–water partition coefficient (Wildman–Crippen LogP) is 3.05. The van der Waals surface area contributed by atoms with Gasteiger partial charge in [0.05, 0.1) is 6.33 Å². The van der Waals surface area contributed by atoms with Crippen molar-refractivity contribution in [2.45, 2.75) is 38.0 Å². The minimum atomic E-state index is 0.465. The number of rotatable bonds is 1. The van der Waals surface area contributed by atoms with Crippen molar-refractivity contribution >= 4 is 22.8 Å². The van der Waals surface area contributed by atoms with E-state index in [0.29, 0.717) is 16.7 Å². The van der Waals surface area contributed by atoms with Crippen LogP contribution in [0.25, 0.3) is 11.2 Å². The zero-order valence-corrected chi connectivity index (χ0v) is 9.67. The smallest absolute Gasteiger partial charge is 0.182 e. The minimum absolute atomic E-state index is 0.465. The second-order valence-corrected chi connectivity index (χ2v) is 4.67. The summed E-state index contributed by atoms with van der Waals surface area (Å²) in [7, 11) is 0. The molecule has 0 saturated heterocycles. The molecule has 0 amide bonds. The highest BCUT2D eigenvalue weighted by atomic mass is 35.5. The van der Waals surface area contributed by atoms with Crippen LogP contribution in [0.5, 0.6) is 0 Å². The topological polar surface area (TPSA) is 54.5 Å². The molecule has 4 nitrogen and oxygen atoms in total. The van der Waals surface area contributed by atoms with Crippen LogP contribution < -0.4 is 0 Å². The van der Waals surface area contributed by atoms with Gasteiger partial charge < -0.3 is 4.98 Å². The van der Waals surface area contributed by atoms with Crippen molar-refractivity contribution in [3.63, 3.8) is 0 Å². The first-order chi connectivity index (χ1) is 7.84. The molecule has 0 radical (unpaired) electrons. The number of hydrogen-bond donors (Lipinski definition) is 1. The predicted molar refractivity (Wildman–Crippen MR) is 62.5 cm³/mol. The van der Waals surface area contributed by atoms with Crippen LogP contribution in [-0.2, 0) is 0 Å². The van der Waals surface area contributed by atoms with E-state index < -0.39 is 0 Å². The van der Waals surface area contributed by atoms with Gasteiger partial charge in [-0.05, 0) is 12.8 Å². The van der Waals surface area contributed by atoms with Crippen molar-refractivity contribution in [2.75, 3.05) is 0 Å². The Morgan fingerprint density at radius 2 is 2.00 bits per heavy atom. The van der Waals surface area contributed by atoms with E-state index >= 15 is 0 Å². The van der Waals surface area contributed by atoms with E-state index in [1.165, 1.54) is 32.1 Å². The van der Waals surface area contributed by atoms with Gasteiger partial charge in [-0.1, -0.05) is 30.9 Å². The lowest BCUT2D eigenvalue weighted by atomic mass is 9.89. The number of H-pyrrole nitrogens is 1. The maximum absolute atomic E-state index is 6.10. The Morgan fingerprint density at radius 1 is 1.19 bits per heavy atom. The molecule has 2 aromatic rings.